The first-order valence-corrected chi connectivity index (χ1v) is 9.60. The predicted octanol–water partition coefficient (Wildman–Crippen LogP) is 3.68. The van der Waals surface area contributed by atoms with E-state index in [-0.39, 0.29) is 0 Å². The van der Waals surface area contributed by atoms with Gasteiger partial charge in [0.25, 0.3) is 0 Å². The standard InChI is InChI=1S/C22H22BN4O4/c1-15-11-26(13-24-15)19-7-5-17(9-21(19)28-3)30-23-31-18-6-8-20(22(10-18)29-4)27-12-16(2)25-14-27/h5-14H,1-4H3. The molecule has 4 rings (SSSR count). The second-order valence-corrected chi connectivity index (χ2v) is 6.84. The maximum atomic E-state index is 5.63. The summed E-state index contributed by atoms with van der Waals surface area (Å²) in [5, 5.41) is 0. The van der Waals surface area contributed by atoms with Crippen LogP contribution in [0.15, 0.2) is 61.4 Å². The summed E-state index contributed by atoms with van der Waals surface area (Å²) in [5.41, 5.74) is 3.58. The molecule has 31 heavy (non-hydrogen) atoms. The van der Waals surface area contributed by atoms with Gasteiger partial charge in [-0.1, -0.05) is 0 Å². The SMILES string of the molecule is COc1cc(O[B]Oc2ccc(-n3cnc(C)c3)c(OC)c2)ccc1-n1cnc(C)c1. The Hall–Kier alpha value is -3.88. The van der Waals surface area contributed by atoms with Crippen molar-refractivity contribution in [2.45, 2.75) is 13.8 Å². The Morgan fingerprint density at radius 2 is 1.16 bits per heavy atom. The summed E-state index contributed by atoms with van der Waals surface area (Å²) >= 11 is 0. The Morgan fingerprint density at radius 3 is 1.52 bits per heavy atom. The van der Waals surface area contributed by atoms with Crippen LogP contribution in [0, 0.1) is 13.8 Å². The highest BCUT2D eigenvalue weighted by molar-refractivity contribution is 6.20. The molecular formula is C22H22BN4O4. The smallest absolute Gasteiger partial charge is 0.526 e. The first kappa shape index (κ1) is 20.4. The third kappa shape index (κ3) is 4.50. The van der Waals surface area contributed by atoms with E-state index in [4.69, 9.17) is 18.8 Å². The van der Waals surface area contributed by atoms with E-state index in [2.05, 4.69) is 9.97 Å². The van der Waals surface area contributed by atoms with Gasteiger partial charge in [0, 0.05) is 24.5 Å². The zero-order valence-electron chi connectivity index (χ0n) is 17.8. The number of aryl methyl sites for hydroxylation is 2. The lowest BCUT2D eigenvalue weighted by Crippen LogP contribution is -2.11. The van der Waals surface area contributed by atoms with Gasteiger partial charge in [-0.15, -0.1) is 0 Å². The van der Waals surface area contributed by atoms with Gasteiger partial charge in [0.05, 0.1) is 49.6 Å². The van der Waals surface area contributed by atoms with Gasteiger partial charge in [-0.05, 0) is 38.1 Å². The Morgan fingerprint density at radius 1 is 0.710 bits per heavy atom. The third-order valence-corrected chi connectivity index (χ3v) is 4.65. The van der Waals surface area contributed by atoms with E-state index in [1.165, 1.54) is 7.69 Å². The molecular weight excluding hydrogens is 395 g/mol. The molecule has 0 spiro atoms. The van der Waals surface area contributed by atoms with Gasteiger partial charge < -0.3 is 27.9 Å². The lowest BCUT2D eigenvalue weighted by atomic mass is 10.2. The van der Waals surface area contributed by atoms with Crippen LogP contribution >= 0.6 is 0 Å². The number of methoxy groups -OCH3 is 2. The second-order valence-electron chi connectivity index (χ2n) is 6.84. The molecule has 0 aliphatic rings. The van der Waals surface area contributed by atoms with Gasteiger partial charge in [-0.2, -0.15) is 0 Å². The van der Waals surface area contributed by atoms with Crippen molar-refractivity contribution < 1.29 is 18.8 Å². The van der Waals surface area contributed by atoms with Gasteiger partial charge in [-0.25, -0.2) is 9.97 Å². The fourth-order valence-corrected chi connectivity index (χ4v) is 3.13. The van der Waals surface area contributed by atoms with Crippen molar-refractivity contribution in [2.24, 2.45) is 0 Å². The summed E-state index contributed by atoms with van der Waals surface area (Å²) in [5.74, 6) is 2.47. The van der Waals surface area contributed by atoms with Crippen molar-refractivity contribution in [3.05, 3.63) is 72.8 Å². The number of benzene rings is 2. The molecule has 0 amide bonds. The topological polar surface area (TPSA) is 72.6 Å². The first-order valence-electron chi connectivity index (χ1n) is 9.60. The van der Waals surface area contributed by atoms with E-state index in [1.807, 2.05) is 59.6 Å². The summed E-state index contributed by atoms with van der Waals surface area (Å²) in [4.78, 5) is 8.50. The molecule has 9 heteroatoms. The van der Waals surface area contributed by atoms with Crippen molar-refractivity contribution in [3.63, 3.8) is 0 Å². The largest absolute Gasteiger partial charge is 0.658 e. The number of hydrogen-bond acceptors (Lipinski definition) is 6. The Balaban J connectivity index is 1.43. The Bertz CT molecular complexity index is 1100. The highest BCUT2D eigenvalue weighted by atomic mass is 16.6. The maximum absolute atomic E-state index is 5.63. The van der Waals surface area contributed by atoms with Crippen molar-refractivity contribution in [2.75, 3.05) is 14.2 Å². The van der Waals surface area contributed by atoms with Crippen LogP contribution < -0.4 is 18.8 Å². The molecule has 8 nitrogen and oxygen atoms in total. The summed E-state index contributed by atoms with van der Waals surface area (Å²) in [7, 11) is 4.50. The molecule has 2 aromatic carbocycles. The second kappa shape index (κ2) is 8.87. The average molecular weight is 417 g/mol. The van der Waals surface area contributed by atoms with Crippen molar-refractivity contribution in [1.82, 2.24) is 19.1 Å². The molecule has 2 heterocycles. The minimum absolute atomic E-state index is 0.579. The highest BCUT2D eigenvalue weighted by Crippen LogP contribution is 2.29. The zero-order chi connectivity index (χ0) is 21.8. The number of rotatable bonds is 8. The molecule has 157 valence electrons. The van der Waals surface area contributed by atoms with Crippen molar-refractivity contribution >= 4 is 7.69 Å². The molecule has 2 aromatic heterocycles. The molecule has 4 aromatic rings. The van der Waals surface area contributed by atoms with Crippen LogP contribution in [0.3, 0.4) is 0 Å². The van der Waals surface area contributed by atoms with E-state index in [1.54, 1.807) is 39.0 Å². The fraction of sp³-hybridized carbons (Fsp3) is 0.182. The van der Waals surface area contributed by atoms with Gasteiger partial charge in [0.15, 0.2) is 0 Å². The number of hydrogen-bond donors (Lipinski definition) is 0. The average Bonchev–Trinajstić information content (AvgIpc) is 3.41. The minimum Gasteiger partial charge on any atom is -0.526 e. The van der Waals surface area contributed by atoms with Crippen LogP contribution in [-0.2, 0) is 0 Å². The zero-order valence-corrected chi connectivity index (χ0v) is 17.8. The highest BCUT2D eigenvalue weighted by Gasteiger charge is 2.11. The Labute approximate surface area is 181 Å². The van der Waals surface area contributed by atoms with Crippen LogP contribution in [-0.4, -0.2) is 41.0 Å². The summed E-state index contributed by atoms with van der Waals surface area (Å²) in [6.07, 6.45) is 7.34. The van der Waals surface area contributed by atoms with Crippen molar-refractivity contribution in [1.29, 1.82) is 0 Å². The number of aromatic nitrogens is 4. The summed E-state index contributed by atoms with van der Waals surface area (Å²) in [6, 6.07) is 11.0. The lowest BCUT2D eigenvalue weighted by molar-refractivity contribution is 0.404. The molecule has 1 radical (unpaired) electrons. The molecule has 0 N–H and O–H groups in total. The van der Waals surface area contributed by atoms with Crippen LogP contribution in [0.5, 0.6) is 23.0 Å². The van der Waals surface area contributed by atoms with Crippen LogP contribution in [0.2, 0.25) is 0 Å². The fourth-order valence-electron chi connectivity index (χ4n) is 3.13. The molecule has 0 aliphatic carbocycles. The molecule has 0 saturated heterocycles. The summed E-state index contributed by atoms with van der Waals surface area (Å²) in [6.45, 7) is 3.87. The van der Waals surface area contributed by atoms with E-state index in [0.29, 0.717) is 23.0 Å². The van der Waals surface area contributed by atoms with Gasteiger partial charge >= 0.3 is 7.69 Å². The molecule has 0 unspecified atom stereocenters. The van der Waals surface area contributed by atoms with E-state index in [9.17, 15) is 0 Å². The van der Waals surface area contributed by atoms with E-state index < -0.39 is 0 Å². The third-order valence-electron chi connectivity index (χ3n) is 4.65. The van der Waals surface area contributed by atoms with Crippen molar-refractivity contribution in [3.8, 4) is 34.4 Å². The molecule has 0 aliphatic heterocycles. The molecule has 0 saturated carbocycles. The van der Waals surface area contributed by atoms with Gasteiger partial charge in [-0.3, -0.25) is 0 Å². The molecule has 0 bridgehead atoms. The monoisotopic (exact) mass is 417 g/mol. The maximum Gasteiger partial charge on any atom is 0.658 e. The van der Waals surface area contributed by atoms with Crippen LogP contribution in [0.1, 0.15) is 11.4 Å². The number of nitrogens with zero attached hydrogens (tertiary/aromatic N) is 4. The van der Waals surface area contributed by atoms with Crippen LogP contribution in [0.4, 0.5) is 0 Å². The molecule has 0 atom stereocenters. The van der Waals surface area contributed by atoms with Gasteiger partial charge in [0.1, 0.15) is 23.0 Å². The lowest BCUT2D eigenvalue weighted by Gasteiger charge is -2.13. The minimum atomic E-state index is 0.579. The van der Waals surface area contributed by atoms with E-state index in [0.717, 1.165) is 22.8 Å². The number of imidazole rings is 2. The van der Waals surface area contributed by atoms with Crippen LogP contribution in [0.25, 0.3) is 11.4 Å². The van der Waals surface area contributed by atoms with Gasteiger partial charge in [0.2, 0.25) is 0 Å². The predicted molar refractivity (Wildman–Crippen MR) is 117 cm³/mol. The summed E-state index contributed by atoms with van der Waals surface area (Å²) < 4.78 is 26.0. The first-order chi connectivity index (χ1) is 15.1. The Kier molecular flexibility index (Phi) is 5.84. The molecule has 0 fully saturated rings. The van der Waals surface area contributed by atoms with E-state index >= 15 is 0 Å². The quantitative estimate of drug-likeness (QED) is 0.408. The number of ether oxygens (including phenoxy) is 2. The normalized spacial score (nSPS) is 10.6.